The van der Waals surface area contributed by atoms with Crippen molar-refractivity contribution >= 4 is 5.91 Å². The number of carbonyl (C=O) groups excluding carboxylic acids is 1. The SMILES string of the molecule is Cc1cc(-c2ccc(C34C[C@@H]3CN(C(=O)C(F)(F)F)C4)cc2)no1. The van der Waals surface area contributed by atoms with Crippen LogP contribution in [-0.4, -0.2) is 35.2 Å². The number of alkyl halides is 3. The Morgan fingerprint density at radius 2 is 2.04 bits per heavy atom. The largest absolute Gasteiger partial charge is 0.471 e. The van der Waals surface area contributed by atoms with Crippen LogP contribution in [0.4, 0.5) is 13.2 Å². The van der Waals surface area contributed by atoms with Gasteiger partial charge in [-0.25, -0.2) is 0 Å². The minimum atomic E-state index is -4.80. The summed E-state index contributed by atoms with van der Waals surface area (Å²) in [5.41, 5.74) is 2.28. The van der Waals surface area contributed by atoms with Gasteiger partial charge in [-0.2, -0.15) is 13.2 Å². The van der Waals surface area contributed by atoms with Crippen molar-refractivity contribution in [2.24, 2.45) is 5.92 Å². The Labute approximate surface area is 136 Å². The van der Waals surface area contributed by atoms with Gasteiger partial charge in [-0.1, -0.05) is 29.4 Å². The second-order valence-corrected chi connectivity index (χ2v) is 6.64. The molecular formula is C17H15F3N2O2. The molecule has 0 N–H and O–H groups in total. The number of likely N-dealkylation sites (tertiary alicyclic amines) is 1. The topological polar surface area (TPSA) is 46.3 Å². The normalized spacial score (nSPS) is 25.7. The molecule has 7 heteroatoms. The fourth-order valence-corrected chi connectivity index (χ4v) is 3.74. The summed E-state index contributed by atoms with van der Waals surface area (Å²) in [6.45, 7) is 2.13. The first-order valence-corrected chi connectivity index (χ1v) is 7.70. The van der Waals surface area contributed by atoms with Crippen molar-refractivity contribution in [3.05, 3.63) is 41.7 Å². The van der Waals surface area contributed by atoms with Gasteiger partial charge in [0.25, 0.3) is 0 Å². The number of aryl methyl sites for hydroxylation is 1. The van der Waals surface area contributed by atoms with Gasteiger partial charge in [0, 0.05) is 30.1 Å². The van der Waals surface area contributed by atoms with E-state index < -0.39 is 12.1 Å². The van der Waals surface area contributed by atoms with E-state index in [1.165, 1.54) is 0 Å². The molecule has 24 heavy (non-hydrogen) atoms. The van der Waals surface area contributed by atoms with Crippen LogP contribution < -0.4 is 0 Å². The Morgan fingerprint density at radius 1 is 1.33 bits per heavy atom. The van der Waals surface area contributed by atoms with Crippen molar-refractivity contribution in [3.8, 4) is 11.3 Å². The zero-order chi connectivity index (χ0) is 17.1. The third-order valence-corrected chi connectivity index (χ3v) is 5.06. The number of hydrogen-bond acceptors (Lipinski definition) is 3. The minimum absolute atomic E-state index is 0.115. The van der Waals surface area contributed by atoms with Gasteiger partial charge in [0.05, 0.1) is 0 Å². The van der Waals surface area contributed by atoms with Crippen LogP contribution in [-0.2, 0) is 10.2 Å². The third kappa shape index (κ3) is 2.30. The molecule has 2 fully saturated rings. The number of fused-ring (bicyclic) bond motifs is 1. The number of carbonyl (C=O) groups is 1. The minimum Gasteiger partial charge on any atom is -0.361 e. The molecule has 4 nitrogen and oxygen atoms in total. The zero-order valence-corrected chi connectivity index (χ0v) is 12.9. The van der Waals surface area contributed by atoms with Crippen molar-refractivity contribution in [2.75, 3.05) is 13.1 Å². The molecule has 1 aromatic carbocycles. The van der Waals surface area contributed by atoms with Crippen molar-refractivity contribution in [2.45, 2.75) is 24.9 Å². The Balaban J connectivity index is 1.54. The summed E-state index contributed by atoms with van der Waals surface area (Å²) in [5.74, 6) is -0.903. The highest BCUT2D eigenvalue weighted by molar-refractivity contribution is 5.82. The standard InChI is InChI=1S/C17H15F3N2O2/c1-10-6-14(21-24-10)11-2-4-12(5-3-11)16-7-13(16)8-22(9-16)15(23)17(18,19)20/h2-6,13H,7-9H2,1H3/t13-,16?/m1/s1. The van der Waals surface area contributed by atoms with Gasteiger partial charge in [0.2, 0.25) is 0 Å². The summed E-state index contributed by atoms with van der Waals surface area (Å²) in [5, 5.41) is 3.95. The number of rotatable bonds is 2. The smallest absolute Gasteiger partial charge is 0.361 e. The molecule has 1 aliphatic heterocycles. The molecule has 126 valence electrons. The second kappa shape index (κ2) is 4.84. The van der Waals surface area contributed by atoms with Crippen LogP contribution in [0.15, 0.2) is 34.9 Å². The molecule has 1 saturated carbocycles. The van der Waals surface area contributed by atoms with Crippen LogP contribution in [0.2, 0.25) is 0 Å². The maximum atomic E-state index is 12.6. The number of benzene rings is 1. The van der Waals surface area contributed by atoms with Gasteiger partial charge in [0.1, 0.15) is 11.5 Å². The lowest BCUT2D eigenvalue weighted by Gasteiger charge is -2.22. The van der Waals surface area contributed by atoms with Crippen LogP contribution >= 0.6 is 0 Å². The number of amides is 1. The van der Waals surface area contributed by atoms with E-state index in [9.17, 15) is 18.0 Å². The fraction of sp³-hybridized carbons (Fsp3) is 0.412. The summed E-state index contributed by atoms with van der Waals surface area (Å²) in [4.78, 5) is 12.4. The maximum absolute atomic E-state index is 12.6. The number of halogens is 3. The van der Waals surface area contributed by atoms with Crippen molar-refractivity contribution in [3.63, 3.8) is 0 Å². The van der Waals surface area contributed by atoms with Crippen LogP contribution in [0.5, 0.6) is 0 Å². The molecule has 4 rings (SSSR count). The molecule has 1 aromatic heterocycles. The van der Waals surface area contributed by atoms with Gasteiger partial charge in [-0.05, 0) is 24.8 Å². The molecule has 0 radical (unpaired) electrons. The highest BCUT2D eigenvalue weighted by atomic mass is 19.4. The second-order valence-electron chi connectivity index (χ2n) is 6.64. The van der Waals surface area contributed by atoms with Gasteiger partial charge < -0.3 is 9.42 Å². The summed E-state index contributed by atoms with van der Waals surface area (Å²) in [7, 11) is 0. The molecule has 1 unspecified atom stereocenters. The molecule has 1 aliphatic carbocycles. The molecule has 0 spiro atoms. The van der Waals surface area contributed by atoms with E-state index in [1.54, 1.807) is 0 Å². The Morgan fingerprint density at radius 3 is 2.62 bits per heavy atom. The number of aromatic nitrogens is 1. The lowest BCUT2D eigenvalue weighted by Crippen LogP contribution is -2.41. The number of nitrogens with zero attached hydrogens (tertiary/aromatic N) is 2. The van der Waals surface area contributed by atoms with Crippen LogP contribution in [0.3, 0.4) is 0 Å². The third-order valence-electron chi connectivity index (χ3n) is 5.06. The van der Waals surface area contributed by atoms with E-state index in [-0.39, 0.29) is 24.4 Å². The Bertz CT molecular complexity index is 797. The molecule has 2 aliphatic rings. The average molecular weight is 336 g/mol. The monoisotopic (exact) mass is 336 g/mol. The highest BCUT2D eigenvalue weighted by Gasteiger charge is 2.63. The van der Waals surface area contributed by atoms with E-state index in [2.05, 4.69) is 5.16 Å². The quantitative estimate of drug-likeness (QED) is 0.845. The predicted octanol–water partition coefficient (Wildman–Crippen LogP) is 3.31. The molecule has 1 saturated heterocycles. The summed E-state index contributed by atoms with van der Waals surface area (Å²) >= 11 is 0. The van der Waals surface area contributed by atoms with Gasteiger partial charge >= 0.3 is 12.1 Å². The van der Waals surface area contributed by atoms with E-state index in [1.807, 2.05) is 37.3 Å². The van der Waals surface area contributed by atoms with Crippen molar-refractivity contribution < 1.29 is 22.5 Å². The number of piperidine rings is 1. The molecule has 2 atom stereocenters. The fourth-order valence-electron chi connectivity index (χ4n) is 3.74. The lowest BCUT2D eigenvalue weighted by atomic mass is 9.93. The first-order valence-electron chi connectivity index (χ1n) is 7.70. The van der Waals surface area contributed by atoms with E-state index in [0.29, 0.717) is 5.76 Å². The Hall–Kier alpha value is -2.31. The van der Waals surface area contributed by atoms with E-state index >= 15 is 0 Å². The van der Waals surface area contributed by atoms with E-state index in [4.69, 9.17) is 4.52 Å². The molecule has 1 amide bonds. The Kier molecular flexibility index (Phi) is 3.07. The van der Waals surface area contributed by atoms with E-state index in [0.717, 1.165) is 28.1 Å². The van der Waals surface area contributed by atoms with Crippen molar-refractivity contribution in [1.29, 1.82) is 0 Å². The highest BCUT2D eigenvalue weighted by Crippen LogP contribution is 2.59. The van der Waals surface area contributed by atoms with Gasteiger partial charge in [-0.3, -0.25) is 4.79 Å². The van der Waals surface area contributed by atoms with Gasteiger partial charge in [-0.15, -0.1) is 0 Å². The molecule has 0 bridgehead atoms. The zero-order valence-electron chi connectivity index (χ0n) is 12.9. The predicted molar refractivity (Wildman–Crippen MR) is 79.1 cm³/mol. The molecular weight excluding hydrogens is 321 g/mol. The first-order chi connectivity index (χ1) is 11.3. The summed E-state index contributed by atoms with van der Waals surface area (Å²) in [6, 6.07) is 9.45. The van der Waals surface area contributed by atoms with Crippen LogP contribution in [0.1, 0.15) is 17.7 Å². The van der Waals surface area contributed by atoms with Crippen LogP contribution in [0, 0.1) is 12.8 Å². The van der Waals surface area contributed by atoms with Gasteiger partial charge in [0.15, 0.2) is 0 Å². The summed E-state index contributed by atoms with van der Waals surface area (Å²) < 4.78 is 42.9. The average Bonchev–Trinajstić information content (AvgIpc) is 2.90. The number of hydrogen-bond donors (Lipinski definition) is 0. The van der Waals surface area contributed by atoms with Crippen molar-refractivity contribution in [1.82, 2.24) is 10.1 Å². The maximum Gasteiger partial charge on any atom is 0.471 e. The van der Waals surface area contributed by atoms with Crippen LogP contribution in [0.25, 0.3) is 11.3 Å². The molecule has 2 heterocycles. The lowest BCUT2D eigenvalue weighted by molar-refractivity contribution is -0.184. The summed E-state index contributed by atoms with van der Waals surface area (Å²) in [6.07, 6.45) is -3.97. The first kappa shape index (κ1) is 15.2. The molecule has 2 aromatic rings.